The van der Waals surface area contributed by atoms with Crippen LogP contribution >= 0.6 is 11.6 Å². The van der Waals surface area contributed by atoms with E-state index in [-0.39, 0.29) is 23.7 Å². The minimum Gasteiger partial charge on any atom is -0.467 e. The largest absolute Gasteiger partial charge is 0.467 e. The minimum absolute atomic E-state index is 0.0745. The zero-order valence-corrected chi connectivity index (χ0v) is 13.4. The number of halogens is 2. The highest BCUT2D eigenvalue weighted by molar-refractivity contribution is 6.33. The van der Waals surface area contributed by atoms with Gasteiger partial charge in [-0.3, -0.25) is 9.78 Å². The maximum Gasteiger partial charge on any atom is 0.259 e. The highest BCUT2D eigenvalue weighted by Crippen LogP contribution is 2.22. The van der Waals surface area contributed by atoms with Gasteiger partial charge in [-0.05, 0) is 36.4 Å². The van der Waals surface area contributed by atoms with Gasteiger partial charge >= 0.3 is 0 Å². The lowest BCUT2D eigenvalue weighted by Crippen LogP contribution is -2.31. The second-order valence-electron chi connectivity index (χ2n) is 5.16. The third kappa shape index (κ3) is 3.63. The van der Waals surface area contributed by atoms with E-state index < -0.39 is 11.7 Å². The van der Waals surface area contributed by atoms with E-state index in [9.17, 15) is 9.18 Å². The summed E-state index contributed by atoms with van der Waals surface area (Å²) in [6, 6.07) is 13.1. The van der Waals surface area contributed by atoms with Crippen LogP contribution in [0.25, 0.3) is 0 Å². The summed E-state index contributed by atoms with van der Waals surface area (Å²) in [5.41, 5.74) is 0.534. The molecule has 122 valence electrons. The molecule has 0 spiro atoms. The molecule has 0 aliphatic rings. The number of hydrogen-bond acceptors (Lipinski definition) is 3. The van der Waals surface area contributed by atoms with Crippen LogP contribution in [0.3, 0.4) is 0 Å². The van der Waals surface area contributed by atoms with Crippen LogP contribution in [0, 0.1) is 5.82 Å². The van der Waals surface area contributed by atoms with E-state index in [1.807, 2.05) is 6.07 Å². The SMILES string of the molecule is O=C(c1c(F)cccc1Cl)N(Cc1ccccn1)Cc1ccco1. The van der Waals surface area contributed by atoms with Gasteiger partial charge in [0.25, 0.3) is 5.91 Å². The summed E-state index contributed by atoms with van der Waals surface area (Å²) in [4.78, 5) is 18.5. The molecule has 0 bridgehead atoms. The Labute approximate surface area is 143 Å². The maximum absolute atomic E-state index is 14.1. The van der Waals surface area contributed by atoms with Gasteiger partial charge < -0.3 is 9.32 Å². The number of pyridine rings is 1. The van der Waals surface area contributed by atoms with E-state index in [1.165, 1.54) is 29.4 Å². The molecule has 1 aromatic carbocycles. The molecule has 0 atom stereocenters. The third-order valence-electron chi connectivity index (χ3n) is 3.47. The predicted molar refractivity (Wildman–Crippen MR) is 87.9 cm³/mol. The van der Waals surface area contributed by atoms with Crippen molar-refractivity contribution in [1.82, 2.24) is 9.88 Å². The van der Waals surface area contributed by atoms with Crippen LogP contribution in [-0.4, -0.2) is 15.8 Å². The smallest absolute Gasteiger partial charge is 0.259 e. The minimum atomic E-state index is -0.655. The van der Waals surface area contributed by atoms with E-state index >= 15 is 0 Å². The molecule has 0 aliphatic carbocycles. The standard InChI is InChI=1S/C18H14ClFN2O2/c19-15-7-3-8-16(20)17(15)18(23)22(12-14-6-4-10-24-14)11-13-5-1-2-9-21-13/h1-10H,11-12H2. The van der Waals surface area contributed by atoms with E-state index in [2.05, 4.69) is 4.98 Å². The average Bonchev–Trinajstić information content (AvgIpc) is 3.08. The molecule has 2 aromatic heterocycles. The summed E-state index contributed by atoms with van der Waals surface area (Å²) < 4.78 is 19.4. The van der Waals surface area contributed by atoms with Crippen molar-refractivity contribution in [2.75, 3.05) is 0 Å². The summed E-state index contributed by atoms with van der Waals surface area (Å²) in [6.07, 6.45) is 3.16. The Morgan fingerprint density at radius 1 is 1.12 bits per heavy atom. The molecule has 0 saturated carbocycles. The van der Waals surface area contributed by atoms with Gasteiger partial charge in [-0.25, -0.2) is 4.39 Å². The summed E-state index contributed by atoms with van der Waals surface area (Å²) >= 11 is 6.03. The van der Waals surface area contributed by atoms with Crippen molar-refractivity contribution in [2.45, 2.75) is 13.1 Å². The van der Waals surface area contributed by atoms with Gasteiger partial charge in [0.15, 0.2) is 0 Å². The number of amides is 1. The van der Waals surface area contributed by atoms with Crippen LogP contribution in [0.4, 0.5) is 4.39 Å². The molecule has 0 saturated heterocycles. The molecule has 0 fully saturated rings. The zero-order valence-electron chi connectivity index (χ0n) is 12.7. The predicted octanol–water partition coefficient (Wildman–Crippen LogP) is 4.31. The average molecular weight is 345 g/mol. The Morgan fingerprint density at radius 2 is 2.00 bits per heavy atom. The summed E-state index contributed by atoms with van der Waals surface area (Å²) in [7, 11) is 0. The molecule has 0 aliphatic heterocycles. The van der Waals surface area contributed by atoms with Crippen LogP contribution in [0.5, 0.6) is 0 Å². The molecule has 6 heteroatoms. The Bertz CT molecular complexity index is 802. The second kappa shape index (κ2) is 7.27. The highest BCUT2D eigenvalue weighted by atomic mass is 35.5. The van der Waals surface area contributed by atoms with Crippen LogP contribution in [0.15, 0.2) is 65.4 Å². The van der Waals surface area contributed by atoms with Crippen LogP contribution < -0.4 is 0 Å². The molecule has 0 N–H and O–H groups in total. The number of benzene rings is 1. The molecule has 2 heterocycles. The molecule has 0 unspecified atom stereocenters. The number of aromatic nitrogens is 1. The number of furan rings is 1. The fourth-order valence-electron chi connectivity index (χ4n) is 2.34. The molecular formula is C18H14ClFN2O2. The van der Waals surface area contributed by atoms with E-state index in [1.54, 1.807) is 30.5 Å². The monoisotopic (exact) mass is 344 g/mol. The summed E-state index contributed by atoms with van der Waals surface area (Å²) in [5, 5.41) is 0.0745. The number of carbonyl (C=O) groups is 1. The number of hydrogen-bond donors (Lipinski definition) is 0. The zero-order chi connectivity index (χ0) is 16.9. The maximum atomic E-state index is 14.1. The van der Waals surface area contributed by atoms with Gasteiger partial charge in [0, 0.05) is 6.20 Å². The van der Waals surface area contributed by atoms with Crippen molar-refractivity contribution >= 4 is 17.5 Å². The van der Waals surface area contributed by atoms with Crippen molar-refractivity contribution < 1.29 is 13.6 Å². The Kier molecular flexibility index (Phi) is 4.91. The van der Waals surface area contributed by atoms with Crippen molar-refractivity contribution in [3.63, 3.8) is 0 Å². The van der Waals surface area contributed by atoms with E-state index in [0.717, 1.165) is 0 Å². The molecule has 0 radical (unpaired) electrons. The summed E-state index contributed by atoms with van der Waals surface area (Å²) in [5.74, 6) is -0.579. The molecule has 1 amide bonds. The fraction of sp³-hybridized carbons (Fsp3) is 0.111. The Balaban J connectivity index is 1.92. The van der Waals surface area contributed by atoms with Gasteiger partial charge in [0.05, 0.1) is 35.6 Å². The van der Waals surface area contributed by atoms with Gasteiger partial charge in [0.1, 0.15) is 11.6 Å². The van der Waals surface area contributed by atoms with Crippen molar-refractivity contribution in [3.05, 3.63) is 88.8 Å². The molecule has 4 nitrogen and oxygen atoms in total. The van der Waals surface area contributed by atoms with Crippen molar-refractivity contribution in [3.8, 4) is 0 Å². The third-order valence-corrected chi connectivity index (χ3v) is 3.78. The first kappa shape index (κ1) is 16.2. The van der Waals surface area contributed by atoms with Crippen LogP contribution in [0.2, 0.25) is 5.02 Å². The first-order valence-corrected chi connectivity index (χ1v) is 7.68. The second-order valence-corrected chi connectivity index (χ2v) is 5.57. The number of rotatable bonds is 5. The fourth-order valence-corrected chi connectivity index (χ4v) is 2.58. The first-order chi connectivity index (χ1) is 11.6. The van der Waals surface area contributed by atoms with Crippen molar-refractivity contribution in [2.24, 2.45) is 0 Å². The number of nitrogens with zero attached hydrogens (tertiary/aromatic N) is 2. The van der Waals surface area contributed by atoms with Gasteiger partial charge in [-0.1, -0.05) is 23.7 Å². The molecule has 3 aromatic rings. The Hall–Kier alpha value is -2.66. The van der Waals surface area contributed by atoms with Gasteiger partial charge in [-0.15, -0.1) is 0 Å². The quantitative estimate of drug-likeness (QED) is 0.693. The number of carbonyl (C=O) groups excluding carboxylic acids is 1. The van der Waals surface area contributed by atoms with E-state index in [0.29, 0.717) is 11.5 Å². The molecule has 24 heavy (non-hydrogen) atoms. The summed E-state index contributed by atoms with van der Waals surface area (Å²) in [6.45, 7) is 0.401. The van der Waals surface area contributed by atoms with Gasteiger partial charge in [0.2, 0.25) is 0 Å². The highest BCUT2D eigenvalue weighted by Gasteiger charge is 2.23. The lowest BCUT2D eigenvalue weighted by molar-refractivity contribution is 0.0711. The van der Waals surface area contributed by atoms with Crippen LogP contribution in [-0.2, 0) is 13.1 Å². The van der Waals surface area contributed by atoms with Crippen molar-refractivity contribution in [1.29, 1.82) is 0 Å². The molecule has 3 rings (SSSR count). The Morgan fingerprint density at radius 3 is 2.67 bits per heavy atom. The topological polar surface area (TPSA) is 46.3 Å². The molecular weight excluding hydrogens is 331 g/mol. The van der Waals surface area contributed by atoms with Crippen LogP contribution in [0.1, 0.15) is 21.8 Å². The van der Waals surface area contributed by atoms with Gasteiger partial charge in [-0.2, -0.15) is 0 Å². The van der Waals surface area contributed by atoms with E-state index in [4.69, 9.17) is 16.0 Å². The lowest BCUT2D eigenvalue weighted by atomic mass is 10.1. The lowest BCUT2D eigenvalue weighted by Gasteiger charge is -2.22. The first-order valence-electron chi connectivity index (χ1n) is 7.30. The normalized spacial score (nSPS) is 10.6.